The Kier molecular flexibility index (Phi) is 4.33. The molecule has 3 N–H and O–H groups in total. The number of aromatic carboxylic acids is 1. The van der Waals surface area contributed by atoms with Gasteiger partial charge in [-0.05, 0) is 26.3 Å². The number of aromatic nitrogens is 3. The molecule has 0 aromatic carbocycles. The van der Waals surface area contributed by atoms with E-state index < -0.39 is 5.97 Å². The molecule has 1 aliphatic rings. The van der Waals surface area contributed by atoms with Gasteiger partial charge < -0.3 is 15.7 Å². The zero-order valence-electron chi connectivity index (χ0n) is 11.4. The van der Waals surface area contributed by atoms with E-state index in [1.54, 1.807) is 4.90 Å². The number of nitrogens with zero attached hydrogens (tertiary/aromatic N) is 4. The highest BCUT2D eigenvalue weighted by molar-refractivity contribution is 5.86. The maximum absolute atomic E-state index is 12.2. The molecule has 8 heteroatoms. The number of carboxylic acids is 1. The fourth-order valence-corrected chi connectivity index (χ4v) is 2.25. The molecule has 2 rings (SSSR count). The summed E-state index contributed by atoms with van der Waals surface area (Å²) in [5.41, 5.74) is 5.75. The lowest BCUT2D eigenvalue weighted by Gasteiger charge is -2.20. The molecule has 1 saturated carbocycles. The van der Waals surface area contributed by atoms with E-state index >= 15 is 0 Å². The number of carbonyl (C=O) groups excluding carboxylic acids is 1. The normalized spacial score (nSPS) is 14.3. The molecule has 0 atom stereocenters. The van der Waals surface area contributed by atoms with E-state index in [2.05, 4.69) is 10.3 Å². The third kappa shape index (κ3) is 2.96. The van der Waals surface area contributed by atoms with Crippen LogP contribution in [0.2, 0.25) is 0 Å². The minimum absolute atomic E-state index is 0.0138. The van der Waals surface area contributed by atoms with Crippen molar-refractivity contribution in [3.63, 3.8) is 0 Å². The van der Waals surface area contributed by atoms with E-state index in [1.807, 2.05) is 6.92 Å². The second-order valence-corrected chi connectivity index (χ2v) is 4.80. The van der Waals surface area contributed by atoms with Gasteiger partial charge in [-0.1, -0.05) is 5.21 Å². The van der Waals surface area contributed by atoms with Crippen LogP contribution >= 0.6 is 0 Å². The lowest BCUT2D eigenvalue weighted by Crippen LogP contribution is -2.36. The number of nitrogens with two attached hydrogens (primary N) is 1. The molecule has 1 aromatic rings. The topological polar surface area (TPSA) is 114 Å². The Hall–Kier alpha value is -1.96. The zero-order valence-corrected chi connectivity index (χ0v) is 11.4. The molecule has 110 valence electrons. The minimum atomic E-state index is -1.15. The number of rotatable bonds is 7. The van der Waals surface area contributed by atoms with Crippen molar-refractivity contribution in [3.8, 4) is 0 Å². The molecule has 0 unspecified atom stereocenters. The lowest BCUT2D eigenvalue weighted by atomic mass is 10.2. The van der Waals surface area contributed by atoms with E-state index in [9.17, 15) is 9.59 Å². The van der Waals surface area contributed by atoms with Crippen molar-refractivity contribution in [1.82, 2.24) is 19.9 Å². The van der Waals surface area contributed by atoms with Gasteiger partial charge in [-0.15, -0.1) is 5.10 Å². The van der Waals surface area contributed by atoms with Crippen molar-refractivity contribution in [2.45, 2.75) is 38.8 Å². The van der Waals surface area contributed by atoms with Crippen molar-refractivity contribution < 1.29 is 14.7 Å². The molecule has 1 amide bonds. The van der Waals surface area contributed by atoms with E-state index in [4.69, 9.17) is 10.8 Å². The molecule has 1 aliphatic carbocycles. The van der Waals surface area contributed by atoms with Gasteiger partial charge in [-0.3, -0.25) is 4.79 Å². The molecule has 0 bridgehead atoms. The summed E-state index contributed by atoms with van der Waals surface area (Å²) >= 11 is 0. The molecule has 20 heavy (non-hydrogen) atoms. The van der Waals surface area contributed by atoms with Crippen LogP contribution < -0.4 is 5.73 Å². The Morgan fingerprint density at radius 2 is 2.20 bits per heavy atom. The summed E-state index contributed by atoms with van der Waals surface area (Å²) in [5.74, 6) is -1.21. The third-order valence-corrected chi connectivity index (χ3v) is 3.36. The number of hydrogen-bond acceptors (Lipinski definition) is 5. The molecular weight excluding hydrogens is 262 g/mol. The average Bonchev–Trinajstić information content (AvgIpc) is 3.14. The van der Waals surface area contributed by atoms with Crippen LogP contribution in [-0.2, 0) is 17.8 Å². The Balaban J connectivity index is 2.15. The summed E-state index contributed by atoms with van der Waals surface area (Å²) in [6.07, 6.45) is 2.40. The summed E-state index contributed by atoms with van der Waals surface area (Å²) in [5, 5.41) is 16.4. The summed E-state index contributed by atoms with van der Waals surface area (Å²) < 4.78 is 1.35. The zero-order chi connectivity index (χ0) is 14.7. The van der Waals surface area contributed by atoms with E-state index in [1.165, 1.54) is 4.68 Å². The van der Waals surface area contributed by atoms with Gasteiger partial charge in [0.1, 0.15) is 6.54 Å². The van der Waals surface area contributed by atoms with Crippen molar-refractivity contribution in [2.75, 3.05) is 13.1 Å². The maximum atomic E-state index is 12.2. The second-order valence-electron chi connectivity index (χ2n) is 4.80. The first-order valence-corrected chi connectivity index (χ1v) is 6.73. The Labute approximate surface area is 116 Å². The summed E-state index contributed by atoms with van der Waals surface area (Å²) in [4.78, 5) is 25.1. The maximum Gasteiger partial charge on any atom is 0.358 e. The second kappa shape index (κ2) is 6.00. The first-order chi connectivity index (χ1) is 9.58. The summed E-state index contributed by atoms with van der Waals surface area (Å²) in [6, 6.07) is 0.327. The molecule has 0 saturated heterocycles. The van der Waals surface area contributed by atoms with Crippen LogP contribution in [-0.4, -0.2) is 56.0 Å². The largest absolute Gasteiger partial charge is 0.476 e. The fraction of sp³-hybridized carbons (Fsp3) is 0.667. The van der Waals surface area contributed by atoms with Crippen LogP contribution in [0, 0.1) is 0 Å². The van der Waals surface area contributed by atoms with Gasteiger partial charge in [0.2, 0.25) is 5.91 Å². The van der Waals surface area contributed by atoms with Crippen molar-refractivity contribution in [3.05, 3.63) is 11.4 Å². The Bertz CT molecular complexity index is 509. The molecule has 1 aromatic heterocycles. The van der Waals surface area contributed by atoms with Gasteiger partial charge in [-0.2, -0.15) is 0 Å². The van der Waals surface area contributed by atoms with E-state index in [0.29, 0.717) is 24.7 Å². The molecule has 8 nitrogen and oxygen atoms in total. The minimum Gasteiger partial charge on any atom is -0.476 e. The Morgan fingerprint density at radius 1 is 1.50 bits per heavy atom. The standard InChI is InChI=1S/C12H19N5O3/c1-2-16(8-3-4-8)10(18)7-17-9(5-6-13)11(12(19)20)14-15-17/h8H,2-7,13H2,1H3,(H,19,20). The van der Waals surface area contributed by atoms with Gasteiger partial charge in [0.15, 0.2) is 5.69 Å². The van der Waals surface area contributed by atoms with E-state index in [0.717, 1.165) is 12.8 Å². The fourth-order valence-electron chi connectivity index (χ4n) is 2.25. The quantitative estimate of drug-likeness (QED) is 0.695. The number of carbonyl (C=O) groups is 2. The number of amides is 1. The number of hydrogen-bond donors (Lipinski definition) is 2. The van der Waals surface area contributed by atoms with Crippen LogP contribution in [0.5, 0.6) is 0 Å². The highest BCUT2D eigenvalue weighted by Crippen LogP contribution is 2.26. The first kappa shape index (κ1) is 14.4. The van der Waals surface area contributed by atoms with Gasteiger partial charge >= 0.3 is 5.97 Å². The number of likely N-dealkylation sites (N-methyl/N-ethyl adjacent to an activating group) is 1. The molecule has 0 aliphatic heterocycles. The predicted octanol–water partition coefficient (Wildman–Crippen LogP) is -0.512. The van der Waals surface area contributed by atoms with E-state index in [-0.39, 0.29) is 24.7 Å². The van der Waals surface area contributed by atoms with Gasteiger partial charge in [0, 0.05) is 19.0 Å². The highest BCUT2D eigenvalue weighted by Gasteiger charge is 2.32. The van der Waals surface area contributed by atoms with Crippen LogP contribution in [0.25, 0.3) is 0 Å². The van der Waals surface area contributed by atoms with Crippen molar-refractivity contribution in [1.29, 1.82) is 0 Å². The molecule has 1 heterocycles. The van der Waals surface area contributed by atoms with Gasteiger partial charge in [0.25, 0.3) is 0 Å². The SMILES string of the molecule is CCN(C(=O)Cn1nnc(C(=O)O)c1CCN)C1CC1. The molecule has 1 fully saturated rings. The first-order valence-electron chi connectivity index (χ1n) is 6.73. The summed E-state index contributed by atoms with van der Waals surface area (Å²) in [6.45, 7) is 2.87. The Morgan fingerprint density at radius 3 is 2.70 bits per heavy atom. The summed E-state index contributed by atoms with van der Waals surface area (Å²) in [7, 11) is 0. The monoisotopic (exact) mass is 281 g/mol. The van der Waals surface area contributed by atoms with Crippen LogP contribution in [0.1, 0.15) is 35.9 Å². The van der Waals surface area contributed by atoms with Gasteiger partial charge in [0.05, 0.1) is 5.69 Å². The molecule has 0 spiro atoms. The highest BCUT2D eigenvalue weighted by atomic mass is 16.4. The average molecular weight is 281 g/mol. The van der Waals surface area contributed by atoms with Crippen molar-refractivity contribution >= 4 is 11.9 Å². The predicted molar refractivity (Wildman–Crippen MR) is 70.1 cm³/mol. The van der Waals surface area contributed by atoms with Gasteiger partial charge in [-0.25, -0.2) is 9.48 Å². The molecule has 0 radical (unpaired) electrons. The van der Waals surface area contributed by atoms with Crippen LogP contribution in [0.4, 0.5) is 0 Å². The van der Waals surface area contributed by atoms with Crippen molar-refractivity contribution in [2.24, 2.45) is 5.73 Å². The third-order valence-electron chi connectivity index (χ3n) is 3.36. The van der Waals surface area contributed by atoms with Crippen LogP contribution in [0.15, 0.2) is 0 Å². The lowest BCUT2D eigenvalue weighted by molar-refractivity contribution is -0.132. The molecular formula is C12H19N5O3. The number of carboxylic acid groups (broad SMARTS) is 1. The smallest absolute Gasteiger partial charge is 0.358 e. The van der Waals surface area contributed by atoms with Crippen LogP contribution in [0.3, 0.4) is 0 Å².